The highest BCUT2D eigenvalue weighted by atomic mass is 19.3. The van der Waals surface area contributed by atoms with Crippen molar-refractivity contribution in [2.24, 2.45) is 0 Å². The van der Waals surface area contributed by atoms with E-state index in [0.717, 1.165) is 4.68 Å². The Bertz CT molecular complexity index is 599. The van der Waals surface area contributed by atoms with E-state index in [1.165, 1.54) is 12.3 Å². The van der Waals surface area contributed by atoms with Crippen LogP contribution in [-0.4, -0.2) is 32.1 Å². The van der Waals surface area contributed by atoms with Gasteiger partial charge in [-0.05, 0) is 19.1 Å². The van der Waals surface area contributed by atoms with E-state index in [2.05, 4.69) is 20.4 Å². The maximum Gasteiger partial charge on any atom is 0.272 e. The Labute approximate surface area is 113 Å². The molecule has 0 aromatic carbocycles. The topological polar surface area (TPSA) is 72.7 Å². The summed E-state index contributed by atoms with van der Waals surface area (Å²) in [7, 11) is 0. The van der Waals surface area contributed by atoms with Crippen LogP contribution < -0.4 is 5.32 Å². The highest BCUT2D eigenvalue weighted by molar-refractivity contribution is 5.92. The fourth-order valence-corrected chi connectivity index (χ4v) is 1.59. The number of hydrogen-bond acceptors (Lipinski definition) is 4. The smallest absolute Gasteiger partial charge is 0.272 e. The molecule has 0 bridgehead atoms. The highest BCUT2D eigenvalue weighted by Gasteiger charge is 2.11. The average molecular weight is 281 g/mol. The van der Waals surface area contributed by atoms with Gasteiger partial charge in [0.1, 0.15) is 18.1 Å². The summed E-state index contributed by atoms with van der Waals surface area (Å²) in [5.41, 5.74) is 0.759. The lowest BCUT2D eigenvalue weighted by atomic mass is 10.3. The lowest BCUT2D eigenvalue weighted by molar-refractivity contribution is 0.0939. The standard InChI is InChI=1S/C12H13F2N5O/c1-8-15-4-2-9(17-8)6-16-12(20)10-3-5-19(18-10)7-11(13)14/h2-5,11H,6-7H2,1H3,(H,16,20). The van der Waals surface area contributed by atoms with Gasteiger partial charge in [-0.15, -0.1) is 0 Å². The summed E-state index contributed by atoms with van der Waals surface area (Å²) in [5, 5.41) is 6.39. The first kappa shape index (κ1) is 14.0. The Morgan fingerprint density at radius 3 is 2.95 bits per heavy atom. The fraction of sp³-hybridized carbons (Fsp3) is 0.333. The van der Waals surface area contributed by atoms with E-state index in [9.17, 15) is 13.6 Å². The summed E-state index contributed by atoms with van der Waals surface area (Å²) in [6, 6.07) is 3.08. The van der Waals surface area contributed by atoms with Crippen molar-refractivity contribution >= 4 is 5.91 Å². The molecule has 20 heavy (non-hydrogen) atoms. The van der Waals surface area contributed by atoms with Crippen molar-refractivity contribution in [1.29, 1.82) is 0 Å². The largest absolute Gasteiger partial charge is 0.345 e. The first-order valence-electron chi connectivity index (χ1n) is 5.93. The monoisotopic (exact) mass is 281 g/mol. The van der Waals surface area contributed by atoms with Gasteiger partial charge in [-0.25, -0.2) is 18.7 Å². The maximum atomic E-state index is 12.2. The van der Waals surface area contributed by atoms with Crippen molar-refractivity contribution in [1.82, 2.24) is 25.1 Å². The number of amides is 1. The number of carbonyl (C=O) groups excluding carboxylic acids is 1. The molecule has 0 aliphatic rings. The number of aromatic nitrogens is 4. The number of nitrogens with zero attached hydrogens (tertiary/aromatic N) is 4. The molecule has 0 fully saturated rings. The number of aryl methyl sites for hydroxylation is 1. The molecule has 0 atom stereocenters. The molecule has 2 aromatic heterocycles. The molecule has 1 amide bonds. The van der Waals surface area contributed by atoms with Crippen LogP contribution in [-0.2, 0) is 13.1 Å². The predicted octanol–water partition coefficient (Wildman–Crippen LogP) is 1.18. The first-order valence-corrected chi connectivity index (χ1v) is 5.93. The molecule has 2 heterocycles. The molecular formula is C12H13F2N5O. The Hall–Kier alpha value is -2.38. The number of halogens is 2. The Balaban J connectivity index is 1.93. The molecule has 6 nitrogen and oxygen atoms in total. The van der Waals surface area contributed by atoms with Crippen LogP contribution >= 0.6 is 0 Å². The lowest BCUT2D eigenvalue weighted by Gasteiger charge is -2.03. The normalized spacial score (nSPS) is 10.8. The van der Waals surface area contributed by atoms with Crippen LogP contribution in [0.25, 0.3) is 0 Å². The third-order valence-electron chi connectivity index (χ3n) is 2.46. The zero-order chi connectivity index (χ0) is 14.5. The lowest BCUT2D eigenvalue weighted by Crippen LogP contribution is -2.24. The zero-order valence-electron chi connectivity index (χ0n) is 10.8. The predicted molar refractivity (Wildman–Crippen MR) is 66.2 cm³/mol. The molecule has 8 heteroatoms. The van der Waals surface area contributed by atoms with Gasteiger partial charge in [0, 0.05) is 12.4 Å². The molecule has 0 saturated carbocycles. The Kier molecular flexibility index (Phi) is 4.34. The van der Waals surface area contributed by atoms with Gasteiger partial charge < -0.3 is 5.32 Å². The van der Waals surface area contributed by atoms with Gasteiger partial charge in [0.25, 0.3) is 12.3 Å². The SMILES string of the molecule is Cc1nccc(CNC(=O)c2ccn(CC(F)F)n2)n1. The van der Waals surface area contributed by atoms with Crippen LogP contribution in [0.3, 0.4) is 0 Å². The van der Waals surface area contributed by atoms with Gasteiger partial charge in [-0.3, -0.25) is 9.48 Å². The van der Waals surface area contributed by atoms with Crippen LogP contribution in [0.15, 0.2) is 24.5 Å². The maximum absolute atomic E-state index is 12.2. The van der Waals surface area contributed by atoms with Gasteiger partial charge in [-0.1, -0.05) is 0 Å². The molecule has 2 rings (SSSR count). The Morgan fingerprint density at radius 2 is 2.25 bits per heavy atom. The summed E-state index contributed by atoms with van der Waals surface area (Å²) < 4.78 is 25.4. The van der Waals surface area contributed by atoms with Crippen molar-refractivity contribution in [2.45, 2.75) is 26.4 Å². The number of alkyl halides is 2. The van der Waals surface area contributed by atoms with Gasteiger partial charge in [0.15, 0.2) is 0 Å². The van der Waals surface area contributed by atoms with Crippen molar-refractivity contribution < 1.29 is 13.6 Å². The molecule has 0 aliphatic carbocycles. The summed E-state index contributed by atoms with van der Waals surface area (Å²) >= 11 is 0. The molecule has 0 spiro atoms. The second-order valence-corrected chi connectivity index (χ2v) is 4.09. The second kappa shape index (κ2) is 6.18. The van der Waals surface area contributed by atoms with Crippen LogP contribution in [0.2, 0.25) is 0 Å². The minimum absolute atomic E-state index is 0.0939. The van der Waals surface area contributed by atoms with E-state index in [4.69, 9.17) is 0 Å². The summed E-state index contributed by atoms with van der Waals surface area (Å²) in [5.74, 6) is 0.173. The van der Waals surface area contributed by atoms with Crippen molar-refractivity contribution in [2.75, 3.05) is 0 Å². The van der Waals surface area contributed by atoms with Crippen LogP contribution in [0.1, 0.15) is 22.0 Å². The van der Waals surface area contributed by atoms with E-state index in [1.54, 1.807) is 19.2 Å². The van der Waals surface area contributed by atoms with Gasteiger partial charge in [0.05, 0.1) is 12.2 Å². The van der Waals surface area contributed by atoms with E-state index in [1.807, 2.05) is 0 Å². The highest BCUT2D eigenvalue weighted by Crippen LogP contribution is 2.01. The van der Waals surface area contributed by atoms with Gasteiger partial charge >= 0.3 is 0 Å². The number of rotatable bonds is 5. The van der Waals surface area contributed by atoms with E-state index >= 15 is 0 Å². The fourth-order valence-electron chi connectivity index (χ4n) is 1.59. The van der Waals surface area contributed by atoms with Crippen LogP contribution in [0, 0.1) is 6.92 Å². The Morgan fingerprint density at radius 1 is 1.45 bits per heavy atom. The second-order valence-electron chi connectivity index (χ2n) is 4.09. The molecule has 0 saturated heterocycles. The molecule has 0 unspecified atom stereocenters. The molecule has 0 aliphatic heterocycles. The summed E-state index contributed by atoms with van der Waals surface area (Å²) in [6.07, 6.45) is 0.437. The first-order chi connectivity index (χ1) is 9.54. The molecule has 0 radical (unpaired) electrons. The van der Waals surface area contributed by atoms with E-state index < -0.39 is 18.9 Å². The van der Waals surface area contributed by atoms with Crippen LogP contribution in [0.4, 0.5) is 8.78 Å². The minimum Gasteiger partial charge on any atom is -0.345 e. The molecule has 106 valence electrons. The number of carbonyl (C=O) groups is 1. The van der Waals surface area contributed by atoms with Crippen molar-refractivity contribution in [3.63, 3.8) is 0 Å². The van der Waals surface area contributed by atoms with E-state index in [-0.39, 0.29) is 12.2 Å². The number of hydrogen-bond donors (Lipinski definition) is 1. The minimum atomic E-state index is -2.50. The molecule has 1 N–H and O–H groups in total. The van der Waals surface area contributed by atoms with Gasteiger partial charge in [0.2, 0.25) is 0 Å². The summed E-state index contributed by atoms with van der Waals surface area (Å²) in [4.78, 5) is 19.9. The van der Waals surface area contributed by atoms with E-state index in [0.29, 0.717) is 11.5 Å². The van der Waals surface area contributed by atoms with Crippen molar-refractivity contribution in [3.05, 3.63) is 41.7 Å². The molecule has 2 aromatic rings. The third kappa shape index (κ3) is 3.81. The number of nitrogens with one attached hydrogen (secondary N) is 1. The van der Waals surface area contributed by atoms with Gasteiger partial charge in [-0.2, -0.15) is 5.10 Å². The zero-order valence-corrected chi connectivity index (χ0v) is 10.8. The van der Waals surface area contributed by atoms with Crippen LogP contribution in [0.5, 0.6) is 0 Å². The molecular weight excluding hydrogens is 268 g/mol. The third-order valence-corrected chi connectivity index (χ3v) is 2.46. The average Bonchev–Trinajstić information content (AvgIpc) is 2.84. The quantitative estimate of drug-likeness (QED) is 0.893. The summed E-state index contributed by atoms with van der Waals surface area (Å²) in [6.45, 7) is 1.44. The van der Waals surface area contributed by atoms with Crippen molar-refractivity contribution in [3.8, 4) is 0 Å².